The number of nitriles is 1. The van der Waals surface area contributed by atoms with E-state index in [4.69, 9.17) is 9.72 Å². The minimum atomic E-state index is -0.171. The van der Waals surface area contributed by atoms with Gasteiger partial charge in [-0.2, -0.15) is 15.3 Å². The van der Waals surface area contributed by atoms with Crippen molar-refractivity contribution in [2.75, 3.05) is 35.3 Å². The fraction of sp³-hybridized carbons (Fsp3) is 0.375. The van der Waals surface area contributed by atoms with Crippen LogP contribution in [0.25, 0.3) is 11.1 Å². The molecule has 0 bridgehead atoms. The van der Waals surface area contributed by atoms with E-state index in [1.54, 1.807) is 28.2 Å². The molecule has 1 aromatic carbocycles. The second kappa shape index (κ2) is 13.5. The Balaban J connectivity index is 1.13. The van der Waals surface area contributed by atoms with Crippen LogP contribution in [0.3, 0.4) is 0 Å². The number of aryl methyl sites for hydroxylation is 1. The quantitative estimate of drug-likeness (QED) is 0.245. The third-order valence-electron chi connectivity index (χ3n) is 8.11. The van der Waals surface area contributed by atoms with Crippen molar-refractivity contribution in [1.82, 2.24) is 30.0 Å². The number of nitrogens with one attached hydrogen (secondary N) is 3. The van der Waals surface area contributed by atoms with E-state index < -0.39 is 0 Å². The highest BCUT2D eigenvalue weighted by Crippen LogP contribution is 2.30. The van der Waals surface area contributed by atoms with E-state index in [2.05, 4.69) is 37.1 Å². The number of hydrogen-bond donors (Lipinski definition) is 3. The van der Waals surface area contributed by atoms with Gasteiger partial charge in [-0.3, -0.25) is 9.58 Å². The molecule has 0 radical (unpaired) electrons. The molecule has 2 amide bonds. The van der Waals surface area contributed by atoms with Gasteiger partial charge in [0.2, 0.25) is 5.95 Å². The zero-order valence-electron chi connectivity index (χ0n) is 24.7. The van der Waals surface area contributed by atoms with Gasteiger partial charge < -0.3 is 20.7 Å². The van der Waals surface area contributed by atoms with E-state index in [-0.39, 0.29) is 18.1 Å². The molecule has 226 valence electrons. The smallest absolute Gasteiger partial charge is 0.323 e. The summed E-state index contributed by atoms with van der Waals surface area (Å²) < 4.78 is 7.00. The van der Waals surface area contributed by atoms with Crippen molar-refractivity contribution in [3.05, 3.63) is 78.4 Å². The molecule has 3 N–H and O–H groups in total. The molecule has 3 aromatic heterocycles. The summed E-state index contributed by atoms with van der Waals surface area (Å²) in [6.45, 7) is 2.58. The lowest BCUT2D eigenvalue weighted by Crippen LogP contribution is -2.49. The van der Waals surface area contributed by atoms with Gasteiger partial charge in [0.05, 0.1) is 25.6 Å². The number of pyridine rings is 1. The molecule has 0 unspecified atom stereocenters. The molecule has 4 heterocycles. The van der Waals surface area contributed by atoms with Gasteiger partial charge >= 0.3 is 6.03 Å². The van der Waals surface area contributed by atoms with Crippen LogP contribution in [-0.2, 0) is 18.3 Å². The van der Waals surface area contributed by atoms with Crippen molar-refractivity contribution in [2.45, 2.75) is 44.3 Å². The number of urea groups is 1. The van der Waals surface area contributed by atoms with Gasteiger partial charge in [-0.25, -0.2) is 14.8 Å². The summed E-state index contributed by atoms with van der Waals surface area (Å²) in [4.78, 5) is 29.2. The highest BCUT2D eigenvalue weighted by molar-refractivity contribution is 5.91. The Labute approximate surface area is 256 Å². The predicted molar refractivity (Wildman–Crippen MR) is 167 cm³/mol. The number of carbonyl (C=O) groups excluding carboxylic acids is 1. The van der Waals surface area contributed by atoms with E-state index in [9.17, 15) is 10.1 Å². The molecule has 44 heavy (non-hydrogen) atoms. The van der Waals surface area contributed by atoms with Crippen molar-refractivity contribution >= 4 is 23.6 Å². The number of amides is 2. The van der Waals surface area contributed by atoms with Gasteiger partial charge in [0.1, 0.15) is 23.3 Å². The topological polar surface area (TPSA) is 146 Å². The van der Waals surface area contributed by atoms with E-state index in [0.717, 1.165) is 55.6 Å². The SMILES string of the molecule is Cn1cc(-c2ccc(N(C(=O)NCc3ccccc3)[C@H]3CC[C@H](Nc4ncc(C#N)c(NCC5COC5)n4)CC3)nc2)cn1. The number of carbonyl (C=O) groups is 1. The van der Waals surface area contributed by atoms with Crippen molar-refractivity contribution in [1.29, 1.82) is 5.26 Å². The van der Waals surface area contributed by atoms with Crippen LogP contribution in [0.2, 0.25) is 0 Å². The summed E-state index contributed by atoms with van der Waals surface area (Å²) in [6, 6.07) is 15.9. The first-order valence-corrected chi connectivity index (χ1v) is 15.0. The number of rotatable bonds is 10. The number of ether oxygens (including phenoxy) is 1. The summed E-state index contributed by atoms with van der Waals surface area (Å²) >= 11 is 0. The number of nitrogens with zero attached hydrogens (tertiary/aromatic N) is 7. The Kier molecular flexibility index (Phi) is 8.93. The van der Waals surface area contributed by atoms with E-state index in [0.29, 0.717) is 42.2 Å². The Morgan fingerprint density at radius 3 is 2.52 bits per heavy atom. The molecule has 12 heteroatoms. The number of benzene rings is 1. The third-order valence-corrected chi connectivity index (χ3v) is 8.11. The van der Waals surface area contributed by atoms with Crippen LogP contribution < -0.4 is 20.9 Å². The summed E-state index contributed by atoms with van der Waals surface area (Å²) in [7, 11) is 1.88. The van der Waals surface area contributed by atoms with Crippen molar-refractivity contribution < 1.29 is 9.53 Å². The van der Waals surface area contributed by atoms with Crippen LogP contribution in [0, 0.1) is 17.2 Å². The van der Waals surface area contributed by atoms with Crippen LogP contribution in [-0.4, -0.2) is 62.6 Å². The third kappa shape index (κ3) is 6.95. The predicted octanol–water partition coefficient (Wildman–Crippen LogP) is 4.34. The van der Waals surface area contributed by atoms with Gasteiger partial charge in [0.15, 0.2) is 0 Å². The van der Waals surface area contributed by atoms with Crippen LogP contribution in [0.1, 0.15) is 36.8 Å². The molecular formula is C32H36N10O2. The summed E-state index contributed by atoms with van der Waals surface area (Å²) in [5.74, 6) is 2.07. The monoisotopic (exact) mass is 592 g/mol. The molecule has 0 atom stereocenters. The molecule has 1 aliphatic carbocycles. The lowest BCUT2D eigenvalue weighted by atomic mass is 9.90. The number of hydrogen-bond acceptors (Lipinski definition) is 9. The Hall–Kier alpha value is -5.02. The molecule has 6 rings (SSSR count). The first-order valence-electron chi connectivity index (χ1n) is 15.0. The Bertz CT molecular complexity index is 1590. The molecule has 2 aliphatic rings. The van der Waals surface area contributed by atoms with E-state index in [1.807, 2.05) is 55.7 Å². The number of anilines is 3. The summed E-state index contributed by atoms with van der Waals surface area (Å²) in [5, 5.41) is 23.6. The zero-order chi connectivity index (χ0) is 30.3. The van der Waals surface area contributed by atoms with Crippen LogP contribution >= 0.6 is 0 Å². The second-order valence-corrected chi connectivity index (χ2v) is 11.3. The minimum Gasteiger partial charge on any atom is -0.381 e. The first-order chi connectivity index (χ1) is 21.6. The lowest BCUT2D eigenvalue weighted by molar-refractivity contribution is -0.0248. The maximum atomic E-state index is 13.7. The van der Waals surface area contributed by atoms with Crippen LogP contribution in [0.15, 0.2) is 67.3 Å². The van der Waals surface area contributed by atoms with E-state index in [1.165, 1.54) is 0 Å². The first kappa shape index (κ1) is 29.1. The van der Waals surface area contributed by atoms with Gasteiger partial charge in [0, 0.05) is 61.7 Å². The molecule has 12 nitrogen and oxygen atoms in total. The molecule has 0 spiro atoms. The van der Waals surface area contributed by atoms with Crippen molar-refractivity contribution in [2.24, 2.45) is 13.0 Å². The maximum absolute atomic E-state index is 13.7. The zero-order valence-corrected chi connectivity index (χ0v) is 24.7. The lowest BCUT2D eigenvalue weighted by Gasteiger charge is -2.36. The molecule has 1 aliphatic heterocycles. The van der Waals surface area contributed by atoms with Crippen molar-refractivity contribution in [3.63, 3.8) is 0 Å². The largest absolute Gasteiger partial charge is 0.381 e. The van der Waals surface area contributed by atoms with Crippen LogP contribution in [0.5, 0.6) is 0 Å². The normalized spacial score (nSPS) is 18.1. The molecule has 1 saturated heterocycles. The van der Waals surface area contributed by atoms with Gasteiger partial charge in [0.25, 0.3) is 0 Å². The second-order valence-electron chi connectivity index (χ2n) is 11.3. The van der Waals surface area contributed by atoms with Crippen molar-refractivity contribution in [3.8, 4) is 17.2 Å². The van der Waals surface area contributed by atoms with Gasteiger partial charge in [-0.15, -0.1) is 0 Å². The standard InChI is InChI=1S/C32H36N10O2/c1-41-19-26(18-38-41)24-7-12-29(34-16-24)42(32(43)37-14-22-5-3-2-4-6-22)28-10-8-27(9-11-28)39-31-36-17-25(13-33)30(40-31)35-15-23-20-44-21-23/h2-7,12,16-19,23,27-28H,8-11,14-15,20-21H2,1H3,(H,37,43)(H2,35,36,39,40)/t27-,28-. The fourth-order valence-corrected chi connectivity index (χ4v) is 5.56. The molecule has 2 fully saturated rings. The van der Waals surface area contributed by atoms with Gasteiger partial charge in [-0.1, -0.05) is 30.3 Å². The fourth-order valence-electron chi connectivity index (χ4n) is 5.56. The highest BCUT2D eigenvalue weighted by Gasteiger charge is 2.31. The Morgan fingerprint density at radius 2 is 1.86 bits per heavy atom. The average Bonchev–Trinajstić information content (AvgIpc) is 3.47. The summed E-state index contributed by atoms with van der Waals surface area (Å²) in [6.07, 6.45) is 10.3. The molecular weight excluding hydrogens is 556 g/mol. The molecule has 1 saturated carbocycles. The number of aromatic nitrogens is 5. The van der Waals surface area contributed by atoms with E-state index >= 15 is 0 Å². The Morgan fingerprint density at radius 1 is 1.05 bits per heavy atom. The van der Waals surface area contributed by atoms with Gasteiger partial charge in [-0.05, 0) is 43.4 Å². The summed E-state index contributed by atoms with van der Waals surface area (Å²) in [5.41, 5.74) is 3.36. The minimum absolute atomic E-state index is 0.0237. The highest BCUT2D eigenvalue weighted by atomic mass is 16.5. The van der Waals surface area contributed by atoms with Crippen LogP contribution in [0.4, 0.5) is 22.4 Å². The maximum Gasteiger partial charge on any atom is 0.323 e. The average molecular weight is 593 g/mol. The molecule has 4 aromatic rings.